The zero-order chi connectivity index (χ0) is 7.68. The quantitative estimate of drug-likeness (QED) is 0.527. The molecule has 0 spiro atoms. The van der Waals surface area contributed by atoms with Gasteiger partial charge in [0.15, 0.2) is 0 Å². The first kappa shape index (κ1) is 10.4. The Morgan fingerprint density at radius 1 is 1.33 bits per heavy atom. The summed E-state index contributed by atoms with van der Waals surface area (Å²) < 4.78 is 0. The second kappa shape index (κ2) is 4.56. The van der Waals surface area contributed by atoms with Crippen molar-refractivity contribution in [3.05, 3.63) is 36.3 Å². The Hall–Kier alpha value is 0.365. The molecule has 0 unspecified atom stereocenters. The molecule has 0 aliphatic carbocycles. The van der Waals surface area contributed by atoms with Gasteiger partial charge in [0.05, 0.1) is 0 Å². The largest absolute Gasteiger partial charge is 1.00 e. The molecular weight excluding hydrogens is 222 g/mol. The number of hydrogen-bond acceptors (Lipinski definition) is 2. The van der Waals surface area contributed by atoms with E-state index in [-0.39, 0.29) is 58.2 Å². The van der Waals surface area contributed by atoms with Crippen LogP contribution in [0, 0.1) is 13.0 Å². The fraction of sp³-hybridized carbons (Fsp3) is 0.111. The number of rotatable bonds is 0. The Kier molecular flexibility index (Phi) is 3.97. The minimum atomic E-state index is 0. The van der Waals surface area contributed by atoms with Crippen LogP contribution in [0.2, 0.25) is 0 Å². The average Bonchev–Trinajstić information content (AvgIpc) is 2.06. The van der Waals surface area contributed by atoms with Gasteiger partial charge in [-0.15, -0.1) is 6.07 Å². The number of nitrogens with zero attached hydrogens (tertiary/aromatic N) is 2. The van der Waals surface area contributed by atoms with Crippen LogP contribution >= 0.6 is 0 Å². The molecule has 0 atom stereocenters. The molecule has 1 aromatic carbocycles. The van der Waals surface area contributed by atoms with Crippen LogP contribution < -0.4 is 58.2 Å². The Balaban J connectivity index is 0.000000720. The predicted octanol–water partition coefficient (Wildman–Crippen LogP) is -1.26. The second-order valence-corrected chi connectivity index (χ2v) is 2.40. The van der Waals surface area contributed by atoms with Crippen molar-refractivity contribution in [1.82, 2.24) is 9.97 Å². The topological polar surface area (TPSA) is 25.8 Å². The van der Waals surface area contributed by atoms with E-state index in [1.54, 1.807) is 6.33 Å². The molecule has 0 N–H and O–H groups in total. The van der Waals surface area contributed by atoms with E-state index < -0.39 is 0 Å². The van der Waals surface area contributed by atoms with Crippen LogP contribution in [-0.4, -0.2) is 9.97 Å². The van der Waals surface area contributed by atoms with E-state index in [2.05, 4.69) is 16.0 Å². The summed E-state index contributed by atoms with van der Waals surface area (Å²) in [6.45, 7) is 1.97. The van der Waals surface area contributed by atoms with Crippen molar-refractivity contribution in [1.29, 1.82) is 0 Å². The van der Waals surface area contributed by atoms with E-state index >= 15 is 0 Å². The number of benzene rings is 1. The molecule has 2 aromatic rings. The molecule has 1 aromatic heterocycles. The summed E-state index contributed by atoms with van der Waals surface area (Å²) >= 11 is 0. The molecule has 0 saturated heterocycles. The first-order valence-electron chi connectivity index (χ1n) is 3.45. The van der Waals surface area contributed by atoms with Crippen LogP contribution in [-0.2, 0) is 0 Å². The van der Waals surface area contributed by atoms with Crippen molar-refractivity contribution in [2.24, 2.45) is 0 Å². The zero-order valence-corrected chi connectivity index (χ0v) is 12.1. The molecule has 0 saturated carbocycles. The molecule has 12 heavy (non-hydrogen) atoms. The third-order valence-corrected chi connectivity index (χ3v) is 1.68. The monoisotopic (exact) mass is 228 g/mol. The minimum absolute atomic E-state index is 0. The first-order valence-corrected chi connectivity index (χ1v) is 3.45. The Morgan fingerprint density at radius 3 is 2.92 bits per heavy atom. The van der Waals surface area contributed by atoms with Gasteiger partial charge in [0.1, 0.15) is 6.33 Å². The molecule has 3 heteroatoms. The van der Waals surface area contributed by atoms with Gasteiger partial charge in [-0.05, 0) is 18.1 Å². The normalized spacial score (nSPS) is 9.42. The minimum Gasteiger partial charge on any atom is -0.263 e. The van der Waals surface area contributed by atoms with Gasteiger partial charge in [-0.1, -0.05) is 5.39 Å². The molecule has 0 aliphatic heterocycles. The third-order valence-electron chi connectivity index (χ3n) is 1.68. The fourth-order valence-corrected chi connectivity index (χ4v) is 1.07. The average molecular weight is 229 g/mol. The van der Waals surface area contributed by atoms with E-state index in [4.69, 9.17) is 0 Å². The van der Waals surface area contributed by atoms with Crippen molar-refractivity contribution >= 4 is 10.9 Å². The fourth-order valence-electron chi connectivity index (χ4n) is 1.07. The molecule has 1 heterocycles. The summed E-state index contributed by atoms with van der Waals surface area (Å²) in [4.78, 5) is 8.19. The van der Waals surface area contributed by atoms with Gasteiger partial charge in [-0.3, -0.25) is 9.97 Å². The molecule has 2 rings (SSSR count). The molecule has 2 nitrogen and oxygen atoms in total. The van der Waals surface area contributed by atoms with E-state index in [0.717, 1.165) is 16.6 Å². The van der Waals surface area contributed by atoms with Gasteiger partial charge in [-0.25, -0.2) is 0 Å². The summed E-state index contributed by atoms with van der Waals surface area (Å²) in [6, 6.07) is 8.69. The van der Waals surface area contributed by atoms with E-state index in [9.17, 15) is 0 Å². The summed E-state index contributed by atoms with van der Waals surface area (Å²) in [5.41, 5.74) is 1.99. The van der Waals surface area contributed by atoms with Crippen LogP contribution in [0.15, 0.2) is 24.5 Å². The van der Waals surface area contributed by atoms with Crippen molar-refractivity contribution in [2.45, 2.75) is 6.92 Å². The predicted molar refractivity (Wildman–Crippen MR) is 43.1 cm³/mol. The number of hydrogen-bond donors (Lipinski definition) is 0. The van der Waals surface area contributed by atoms with Crippen LogP contribution in [0.4, 0.5) is 0 Å². The number of aryl methyl sites for hydroxylation is 1. The van der Waals surface area contributed by atoms with Crippen LogP contribution in [0.25, 0.3) is 10.9 Å². The van der Waals surface area contributed by atoms with E-state index in [1.807, 2.05) is 25.1 Å². The summed E-state index contributed by atoms with van der Waals surface area (Å²) in [6.07, 6.45) is 1.58. The Morgan fingerprint density at radius 2 is 2.17 bits per heavy atom. The number of fused-ring (bicyclic) bond motifs is 1. The number of aromatic nitrogens is 2. The molecule has 0 aliphatic rings. The maximum absolute atomic E-state index is 4.11. The van der Waals surface area contributed by atoms with Crippen LogP contribution in [0.3, 0.4) is 0 Å². The molecular formula is C9H7N2Rb. The third kappa shape index (κ3) is 1.99. The van der Waals surface area contributed by atoms with Gasteiger partial charge < -0.3 is 0 Å². The van der Waals surface area contributed by atoms with Gasteiger partial charge in [-0.2, -0.15) is 18.2 Å². The Labute approximate surface area is 120 Å². The standard InChI is InChI=1S/C9H7N2.Rb/c1-7-8-4-2-3-5-9(8)11-6-10-7;/h3-6H,1H3;/q-1;+1. The Bertz CT molecular complexity index is 382. The SMILES string of the molecule is Cc1ncnc2cc[c-]cc12.[Rb+]. The molecule has 0 amide bonds. The van der Waals surface area contributed by atoms with Crippen LogP contribution in [0.5, 0.6) is 0 Å². The molecule has 0 fully saturated rings. The smallest absolute Gasteiger partial charge is 0.263 e. The summed E-state index contributed by atoms with van der Waals surface area (Å²) in [5, 5.41) is 1.08. The molecule has 0 radical (unpaired) electrons. The van der Waals surface area contributed by atoms with Crippen molar-refractivity contribution in [3.8, 4) is 0 Å². The van der Waals surface area contributed by atoms with Crippen molar-refractivity contribution in [3.63, 3.8) is 0 Å². The van der Waals surface area contributed by atoms with E-state index in [1.165, 1.54) is 0 Å². The van der Waals surface area contributed by atoms with Crippen molar-refractivity contribution in [2.75, 3.05) is 0 Å². The molecule has 0 bridgehead atoms. The first-order chi connectivity index (χ1) is 5.38. The van der Waals surface area contributed by atoms with Gasteiger partial charge >= 0.3 is 58.2 Å². The second-order valence-electron chi connectivity index (χ2n) is 2.40. The van der Waals surface area contributed by atoms with Crippen molar-refractivity contribution < 1.29 is 58.2 Å². The maximum Gasteiger partial charge on any atom is 1.00 e. The van der Waals surface area contributed by atoms with E-state index in [0.29, 0.717) is 0 Å². The van der Waals surface area contributed by atoms with Gasteiger partial charge in [0, 0.05) is 0 Å². The summed E-state index contributed by atoms with van der Waals surface area (Å²) in [5.74, 6) is 0. The van der Waals surface area contributed by atoms with Crippen LogP contribution in [0.1, 0.15) is 5.69 Å². The summed E-state index contributed by atoms with van der Waals surface area (Å²) in [7, 11) is 0. The zero-order valence-electron chi connectivity index (χ0n) is 7.20. The van der Waals surface area contributed by atoms with Gasteiger partial charge in [0.2, 0.25) is 0 Å². The van der Waals surface area contributed by atoms with Gasteiger partial charge in [0.25, 0.3) is 0 Å². The maximum atomic E-state index is 4.11. The molecule has 54 valence electrons.